The Morgan fingerprint density at radius 1 is 1.25 bits per heavy atom. The summed E-state index contributed by atoms with van der Waals surface area (Å²) in [6, 6.07) is 12.6. The maximum Gasteiger partial charge on any atom is 0.252 e. The van der Waals surface area contributed by atoms with Crippen molar-refractivity contribution in [2.24, 2.45) is 5.73 Å². The van der Waals surface area contributed by atoms with Gasteiger partial charge in [-0.3, -0.25) is 4.79 Å². The lowest BCUT2D eigenvalue weighted by Gasteiger charge is -2.10. The number of amides is 1. The number of primary amides is 1. The molecule has 0 saturated carbocycles. The minimum atomic E-state index is -0.505. The van der Waals surface area contributed by atoms with Gasteiger partial charge in [0.15, 0.2) is 0 Å². The average molecular weight is 271 g/mol. The Morgan fingerprint density at radius 3 is 2.80 bits per heavy atom. The summed E-state index contributed by atoms with van der Waals surface area (Å²) in [5.74, 6) is 0.766. The second kappa shape index (κ2) is 6.56. The third-order valence-corrected chi connectivity index (χ3v) is 2.69. The zero-order valence-corrected chi connectivity index (χ0v) is 11.3. The number of carbonyl (C=O) groups excluding carboxylic acids is 1. The van der Waals surface area contributed by atoms with Gasteiger partial charge in [0.05, 0.1) is 11.3 Å². The molecule has 5 nitrogen and oxygen atoms in total. The van der Waals surface area contributed by atoms with E-state index in [1.165, 1.54) is 0 Å². The Labute approximate surface area is 117 Å². The molecule has 0 saturated heterocycles. The van der Waals surface area contributed by atoms with Crippen LogP contribution >= 0.6 is 0 Å². The van der Waals surface area contributed by atoms with Crippen LogP contribution < -0.4 is 15.8 Å². The molecular formula is C15H17N3O2. The van der Waals surface area contributed by atoms with Gasteiger partial charge < -0.3 is 15.8 Å². The van der Waals surface area contributed by atoms with Crippen LogP contribution in [0.15, 0.2) is 42.5 Å². The molecule has 0 radical (unpaired) electrons. The molecule has 104 valence electrons. The van der Waals surface area contributed by atoms with Gasteiger partial charge in [0.1, 0.15) is 18.2 Å². The summed E-state index contributed by atoms with van der Waals surface area (Å²) in [6.45, 7) is 3.10. The van der Waals surface area contributed by atoms with Crippen LogP contribution in [0.1, 0.15) is 23.0 Å². The van der Waals surface area contributed by atoms with Gasteiger partial charge in [0.25, 0.3) is 5.91 Å². The van der Waals surface area contributed by atoms with E-state index in [4.69, 9.17) is 10.5 Å². The van der Waals surface area contributed by atoms with Gasteiger partial charge in [-0.05, 0) is 31.2 Å². The SMILES string of the molecule is CCNc1cccc(COc2ccccc2C(N)=O)n1. The molecule has 0 unspecified atom stereocenters. The van der Waals surface area contributed by atoms with Crippen LogP contribution in [-0.2, 0) is 6.61 Å². The van der Waals surface area contributed by atoms with Crippen LogP contribution in [0.5, 0.6) is 5.75 Å². The van der Waals surface area contributed by atoms with Crippen molar-refractivity contribution in [2.75, 3.05) is 11.9 Å². The predicted octanol–water partition coefficient (Wildman–Crippen LogP) is 2.19. The van der Waals surface area contributed by atoms with E-state index in [1.807, 2.05) is 25.1 Å². The van der Waals surface area contributed by atoms with Gasteiger partial charge in [-0.1, -0.05) is 18.2 Å². The molecule has 0 spiro atoms. The second-order valence-electron chi connectivity index (χ2n) is 4.19. The smallest absolute Gasteiger partial charge is 0.252 e. The lowest BCUT2D eigenvalue weighted by Crippen LogP contribution is -2.13. The number of para-hydroxylation sites is 1. The second-order valence-corrected chi connectivity index (χ2v) is 4.19. The first kappa shape index (κ1) is 13.9. The first-order valence-corrected chi connectivity index (χ1v) is 6.42. The minimum absolute atomic E-state index is 0.281. The number of hydrogen-bond donors (Lipinski definition) is 2. The average Bonchev–Trinajstić information content (AvgIpc) is 2.46. The molecule has 20 heavy (non-hydrogen) atoms. The molecule has 1 aromatic carbocycles. The van der Waals surface area contributed by atoms with Crippen molar-refractivity contribution in [3.63, 3.8) is 0 Å². The maximum atomic E-state index is 11.3. The van der Waals surface area contributed by atoms with Crippen LogP contribution in [0.25, 0.3) is 0 Å². The minimum Gasteiger partial charge on any atom is -0.486 e. The molecule has 0 bridgehead atoms. The highest BCUT2D eigenvalue weighted by molar-refractivity contribution is 5.95. The standard InChI is InChI=1S/C15H17N3O2/c1-2-17-14-9-5-6-11(18-14)10-20-13-8-4-3-7-12(13)15(16)19/h3-9H,2,10H2,1H3,(H2,16,19)(H,17,18). The molecule has 0 aliphatic carbocycles. The number of ether oxygens (including phenoxy) is 1. The van der Waals surface area contributed by atoms with Crippen LogP contribution in [-0.4, -0.2) is 17.4 Å². The Bertz CT molecular complexity index is 599. The van der Waals surface area contributed by atoms with E-state index in [2.05, 4.69) is 10.3 Å². The van der Waals surface area contributed by atoms with E-state index in [0.717, 1.165) is 18.1 Å². The third kappa shape index (κ3) is 3.47. The molecular weight excluding hydrogens is 254 g/mol. The van der Waals surface area contributed by atoms with E-state index in [-0.39, 0.29) is 6.61 Å². The highest BCUT2D eigenvalue weighted by Crippen LogP contribution is 2.18. The topological polar surface area (TPSA) is 77.2 Å². The Balaban J connectivity index is 2.09. The molecule has 0 aliphatic heterocycles. The van der Waals surface area contributed by atoms with E-state index >= 15 is 0 Å². The Hall–Kier alpha value is -2.56. The number of anilines is 1. The van der Waals surface area contributed by atoms with Crippen LogP contribution in [0.3, 0.4) is 0 Å². The summed E-state index contributed by atoms with van der Waals surface area (Å²) in [6.07, 6.45) is 0. The predicted molar refractivity (Wildman–Crippen MR) is 77.7 cm³/mol. The van der Waals surface area contributed by atoms with Crippen molar-refractivity contribution >= 4 is 11.7 Å². The summed E-state index contributed by atoms with van der Waals surface area (Å²) in [4.78, 5) is 15.7. The molecule has 2 aromatic rings. The fourth-order valence-corrected chi connectivity index (χ4v) is 1.79. The molecule has 0 atom stereocenters. The van der Waals surface area contributed by atoms with Crippen molar-refractivity contribution in [3.05, 3.63) is 53.7 Å². The van der Waals surface area contributed by atoms with Crippen LogP contribution in [0, 0.1) is 0 Å². The number of pyridine rings is 1. The number of hydrogen-bond acceptors (Lipinski definition) is 4. The Kier molecular flexibility index (Phi) is 4.55. The first-order chi connectivity index (χ1) is 9.70. The fourth-order valence-electron chi connectivity index (χ4n) is 1.79. The zero-order valence-electron chi connectivity index (χ0n) is 11.3. The number of nitrogens with two attached hydrogens (primary N) is 1. The molecule has 0 fully saturated rings. The van der Waals surface area contributed by atoms with Crippen molar-refractivity contribution in [2.45, 2.75) is 13.5 Å². The molecule has 5 heteroatoms. The van der Waals surface area contributed by atoms with Gasteiger partial charge in [0.2, 0.25) is 0 Å². The van der Waals surface area contributed by atoms with Gasteiger partial charge in [-0.2, -0.15) is 0 Å². The van der Waals surface area contributed by atoms with Gasteiger partial charge in [-0.25, -0.2) is 4.98 Å². The van der Waals surface area contributed by atoms with Crippen molar-refractivity contribution in [1.29, 1.82) is 0 Å². The maximum absolute atomic E-state index is 11.3. The normalized spacial score (nSPS) is 10.1. The van der Waals surface area contributed by atoms with Crippen LogP contribution in [0.4, 0.5) is 5.82 Å². The van der Waals surface area contributed by atoms with E-state index in [0.29, 0.717) is 11.3 Å². The number of benzene rings is 1. The molecule has 1 aromatic heterocycles. The van der Waals surface area contributed by atoms with Crippen LogP contribution in [0.2, 0.25) is 0 Å². The molecule has 2 rings (SSSR count). The first-order valence-electron chi connectivity index (χ1n) is 6.42. The lowest BCUT2D eigenvalue weighted by molar-refractivity contribution is 0.0996. The van der Waals surface area contributed by atoms with Gasteiger partial charge in [0, 0.05) is 6.54 Å². The number of nitrogens with zero attached hydrogens (tertiary/aromatic N) is 1. The van der Waals surface area contributed by atoms with Gasteiger partial charge in [-0.15, -0.1) is 0 Å². The quantitative estimate of drug-likeness (QED) is 0.844. The molecule has 3 N–H and O–H groups in total. The summed E-state index contributed by atoms with van der Waals surface area (Å²) in [5.41, 5.74) is 6.45. The Morgan fingerprint density at radius 2 is 2.05 bits per heavy atom. The number of nitrogens with one attached hydrogen (secondary N) is 1. The molecule has 1 heterocycles. The van der Waals surface area contributed by atoms with E-state index in [1.54, 1.807) is 24.3 Å². The summed E-state index contributed by atoms with van der Waals surface area (Å²) >= 11 is 0. The number of rotatable bonds is 6. The van der Waals surface area contributed by atoms with Crippen molar-refractivity contribution in [3.8, 4) is 5.75 Å². The summed E-state index contributed by atoms with van der Waals surface area (Å²) in [7, 11) is 0. The number of carbonyl (C=O) groups is 1. The number of aromatic nitrogens is 1. The zero-order chi connectivity index (χ0) is 14.4. The van der Waals surface area contributed by atoms with E-state index in [9.17, 15) is 4.79 Å². The molecule has 1 amide bonds. The lowest BCUT2D eigenvalue weighted by atomic mass is 10.2. The third-order valence-electron chi connectivity index (χ3n) is 2.69. The van der Waals surface area contributed by atoms with Crippen molar-refractivity contribution in [1.82, 2.24) is 4.98 Å². The highest BCUT2D eigenvalue weighted by Gasteiger charge is 2.08. The fraction of sp³-hybridized carbons (Fsp3) is 0.200. The largest absolute Gasteiger partial charge is 0.486 e. The molecule has 0 aliphatic rings. The van der Waals surface area contributed by atoms with E-state index < -0.39 is 5.91 Å². The summed E-state index contributed by atoms with van der Waals surface area (Å²) < 4.78 is 5.63. The summed E-state index contributed by atoms with van der Waals surface area (Å²) in [5, 5.41) is 3.13. The van der Waals surface area contributed by atoms with Gasteiger partial charge >= 0.3 is 0 Å². The highest BCUT2D eigenvalue weighted by atomic mass is 16.5. The monoisotopic (exact) mass is 271 g/mol. The van der Waals surface area contributed by atoms with Crippen molar-refractivity contribution < 1.29 is 9.53 Å².